The van der Waals surface area contributed by atoms with Crippen molar-refractivity contribution in [3.8, 4) is 5.75 Å². The summed E-state index contributed by atoms with van der Waals surface area (Å²) in [6.07, 6.45) is -0.420. The summed E-state index contributed by atoms with van der Waals surface area (Å²) in [7, 11) is 1.56. The van der Waals surface area contributed by atoms with Gasteiger partial charge in [0.05, 0.1) is 13.7 Å². The number of anilines is 1. The van der Waals surface area contributed by atoms with Crippen molar-refractivity contribution in [2.45, 2.75) is 42.9 Å². The average molecular weight is 461 g/mol. The van der Waals surface area contributed by atoms with Crippen LogP contribution in [0.5, 0.6) is 5.75 Å². The van der Waals surface area contributed by atoms with Crippen LogP contribution in [-0.2, 0) is 9.53 Å². The van der Waals surface area contributed by atoms with E-state index < -0.39 is 22.9 Å². The molecule has 0 fully saturated rings. The second-order valence-corrected chi connectivity index (χ2v) is 9.23. The highest BCUT2D eigenvalue weighted by Crippen LogP contribution is 2.27. The Labute approximate surface area is 191 Å². The molecule has 8 nitrogen and oxygen atoms in total. The number of benzene rings is 2. The third-order valence-electron chi connectivity index (χ3n) is 4.11. The van der Waals surface area contributed by atoms with Crippen molar-refractivity contribution in [2.75, 3.05) is 19.0 Å². The molecule has 9 heteroatoms. The first-order chi connectivity index (χ1) is 15.1. The maximum absolute atomic E-state index is 12.3. The number of carboxylic acid groups (broad SMARTS) is 1. The zero-order valence-corrected chi connectivity index (χ0v) is 19.3. The largest absolute Gasteiger partial charge is 0.497 e. The number of rotatable bonds is 9. The molecule has 0 spiro atoms. The van der Waals surface area contributed by atoms with Gasteiger partial charge in [-0.2, -0.15) is 0 Å². The first-order valence-electron chi connectivity index (χ1n) is 9.97. The minimum Gasteiger partial charge on any atom is -0.497 e. The lowest BCUT2D eigenvalue weighted by molar-refractivity contribution is -0.136. The number of ether oxygens (including phenoxy) is 2. The predicted octanol–water partition coefficient (Wildman–Crippen LogP) is 4.41. The van der Waals surface area contributed by atoms with E-state index >= 15 is 0 Å². The van der Waals surface area contributed by atoms with E-state index in [1.165, 1.54) is 0 Å². The average Bonchev–Trinajstić information content (AvgIpc) is 2.73. The number of hydrogen-bond acceptors (Lipinski definition) is 6. The van der Waals surface area contributed by atoms with Crippen molar-refractivity contribution in [3.63, 3.8) is 0 Å². The lowest BCUT2D eigenvalue weighted by atomic mass is 10.1. The van der Waals surface area contributed by atoms with E-state index in [4.69, 9.17) is 9.47 Å². The van der Waals surface area contributed by atoms with Crippen LogP contribution in [0.2, 0.25) is 0 Å². The molecular formula is C23H28N2O6S. The molecule has 32 heavy (non-hydrogen) atoms. The zero-order valence-electron chi connectivity index (χ0n) is 18.5. The van der Waals surface area contributed by atoms with E-state index in [-0.39, 0.29) is 18.9 Å². The van der Waals surface area contributed by atoms with E-state index in [9.17, 15) is 19.5 Å². The number of carboxylic acids is 1. The Morgan fingerprint density at radius 2 is 1.66 bits per heavy atom. The molecule has 0 aromatic heterocycles. The lowest BCUT2D eigenvalue weighted by Crippen LogP contribution is -2.41. The molecule has 1 atom stereocenters. The molecule has 2 aromatic carbocycles. The van der Waals surface area contributed by atoms with Crippen molar-refractivity contribution in [2.24, 2.45) is 0 Å². The Balaban J connectivity index is 1.88. The van der Waals surface area contributed by atoms with Gasteiger partial charge in [0.2, 0.25) is 0 Å². The van der Waals surface area contributed by atoms with Gasteiger partial charge in [0.15, 0.2) is 0 Å². The highest BCUT2D eigenvalue weighted by atomic mass is 32.2. The third kappa shape index (κ3) is 8.50. The molecule has 0 radical (unpaired) electrons. The van der Waals surface area contributed by atoms with Gasteiger partial charge in [0.25, 0.3) is 5.91 Å². The van der Waals surface area contributed by atoms with Crippen LogP contribution in [0.3, 0.4) is 0 Å². The Bertz CT molecular complexity index is 923. The van der Waals surface area contributed by atoms with Gasteiger partial charge in [-0.25, -0.2) is 4.79 Å². The zero-order chi connectivity index (χ0) is 23.7. The molecule has 2 amide bonds. The summed E-state index contributed by atoms with van der Waals surface area (Å²) in [5.74, 6) is -0.593. The molecule has 0 bridgehead atoms. The molecule has 0 saturated heterocycles. The van der Waals surface area contributed by atoms with Gasteiger partial charge in [0.1, 0.15) is 11.0 Å². The molecule has 0 heterocycles. The molecule has 2 rings (SSSR count). The smallest absolute Gasteiger partial charge is 0.407 e. The Morgan fingerprint density at radius 1 is 1.03 bits per heavy atom. The molecular weight excluding hydrogens is 432 g/mol. The second-order valence-electron chi connectivity index (χ2n) is 7.95. The van der Waals surface area contributed by atoms with Gasteiger partial charge < -0.3 is 25.2 Å². The van der Waals surface area contributed by atoms with Crippen LogP contribution in [0.15, 0.2) is 53.4 Å². The van der Waals surface area contributed by atoms with Gasteiger partial charge in [0, 0.05) is 28.1 Å². The first-order valence-corrected chi connectivity index (χ1v) is 10.9. The Kier molecular flexibility index (Phi) is 8.95. The van der Waals surface area contributed by atoms with Crippen LogP contribution in [-0.4, -0.2) is 47.6 Å². The van der Waals surface area contributed by atoms with Gasteiger partial charge >= 0.3 is 12.1 Å². The van der Waals surface area contributed by atoms with E-state index in [2.05, 4.69) is 10.6 Å². The van der Waals surface area contributed by atoms with Crippen LogP contribution >= 0.6 is 11.8 Å². The standard InChI is InChI=1S/C23H28N2O6S/c1-23(2,3)25-22(29)31-14-13-19(21(27)28)32-18-11-7-16(8-12-18)24-20(26)15-5-9-17(30-4)10-6-15/h5-12,19H,13-14H2,1-4H3,(H,24,26)(H,25,29)(H,27,28). The third-order valence-corrected chi connectivity index (χ3v) is 5.37. The summed E-state index contributed by atoms with van der Waals surface area (Å²) in [4.78, 5) is 36.3. The maximum atomic E-state index is 12.3. The molecule has 1 unspecified atom stereocenters. The fourth-order valence-corrected chi connectivity index (χ4v) is 3.50. The van der Waals surface area contributed by atoms with Crippen molar-refractivity contribution in [1.82, 2.24) is 5.32 Å². The molecule has 2 aromatic rings. The van der Waals surface area contributed by atoms with Gasteiger partial charge in [-0.05, 0) is 69.3 Å². The highest BCUT2D eigenvalue weighted by molar-refractivity contribution is 8.00. The van der Waals surface area contributed by atoms with Crippen molar-refractivity contribution in [3.05, 3.63) is 54.1 Å². The summed E-state index contributed by atoms with van der Waals surface area (Å²) >= 11 is 1.15. The monoisotopic (exact) mass is 460 g/mol. The number of thioether (sulfide) groups is 1. The summed E-state index contributed by atoms with van der Waals surface area (Å²) in [5.41, 5.74) is 0.651. The van der Waals surface area contributed by atoms with E-state index in [0.717, 1.165) is 16.7 Å². The normalized spacial score (nSPS) is 11.9. The van der Waals surface area contributed by atoms with Crippen molar-refractivity contribution >= 4 is 35.4 Å². The number of nitrogens with one attached hydrogen (secondary N) is 2. The number of alkyl carbamates (subject to hydrolysis) is 1. The number of carbonyl (C=O) groups is 3. The maximum Gasteiger partial charge on any atom is 0.407 e. The summed E-state index contributed by atoms with van der Waals surface area (Å²) in [6.45, 7) is 5.47. The molecule has 172 valence electrons. The van der Waals surface area contributed by atoms with Crippen LogP contribution in [0.4, 0.5) is 10.5 Å². The minimum atomic E-state index is -0.994. The van der Waals surface area contributed by atoms with Crippen LogP contribution in [0, 0.1) is 0 Å². The quantitative estimate of drug-likeness (QED) is 0.475. The van der Waals surface area contributed by atoms with Gasteiger partial charge in [-0.3, -0.25) is 9.59 Å². The van der Waals surface area contributed by atoms with Gasteiger partial charge in [-0.15, -0.1) is 11.8 Å². The Morgan fingerprint density at radius 3 is 2.19 bits per heavy atom. The molecule has 0 saturated carbocycles. The topological polar surface area (TPSA) is 114 Å². The first kappa shape index (κ1) is 25.1. The van der Waals surface area contributed by atoms with Crippen LogP contribution in [0.1, 0.15) is 37.6 Å². The van der Waals surface area contributed by atoms with E-state index in [0.29, 0.717) is 17.0 Å². The Hall–Kier alpha value is -3.20. The van der Waals surface area contributed by atoms with E-state index in [1.54, 1.807) is 55.6 Å². The van der Waals surface area contributed by atoms with Crippen LogP contribution in [0.25, 0.3) is 0 Å². The number of methoxy groups -OCH3 is 1. The molecule has 0 aliphatic carbocycles. The minimum absolute atomic E-state index is 0.0120. The lowest BCUT2D eigenvalue weighted by Gasteiger charge is -2.20. The van der Waals surface area contributed by atoms with Crippen LogP contribution < -0.4 is 15.4 Å². The summed E-state index contributed by atoms with van der Waals surface area (Å²) < 4.78 is 10.2. The number of carbonyl (C=O) groups excluding carboxylic acids is 2. The van der Waals surface area contributed by atoms with Crippen molar-refractivity contribution in [1.29, 1.82) is 0 Å². The van der Waals surface area contributed by atoms with E-state index in [1.807, 2.05) is 20.8 Å². The fourth-order valence-electron chi connectivity index (χ4n) is 2.56. The molecule has 0 aliphatic heterocycles. The van der Waals surface area contributed by atoms with Gasteiger partial charge in [-0.1, -0.05) is 0 Å². The highest BCUT2D eigenvalue weighted by Gasteiger charge is 2.21. The predicted molar refractivity (Wildman–Crippen MR) is 124 cm³/mol. The summed E-state index contributed by atoms with van der Waals surface area (Å²) in [6, 6.07) is 13.6. The number of hydrogen-bond donors (Lipinski definition) is 3. The second kappa shape index (κ2) is 11.4. The fraction of sp³-hybridized carbons (Fsp3) is 0.348. The molecule has 3 N–H and O–H groups in total. The number of aliphatic carboxylic acids is 1. The summed E-state index contributed by atoms with van der Waals surface area (Å²) in [5, 5.41) is 14.1. The molecule has 0 aliphatic rings. The number of amides is 2. The van der Waals surface area contributed by atoms with Crippen molar-refractivity contribution < 1.29 is 29.0 Å². The SMILES string of the molecule is COc1ccc(C(=O)Nc2ccc(SC(CCOC(=O)NC(C)(C)C)C(=O)O)cc2)cc1.